The van der Waals surface area contributed by atoms with Gasteiger partial charge in [-0.2, -0.15) is 0 Å². The number of nitrogens with one attached hydrogen (secondary N) is 1. The lowest BCUT2D eigenvalue weighted by Crippen LogP contribution is -2.21. The first-order valence-corrected chi connectivity index (χ1v) is 7.66. The lowest BCUT2D eigenvalue weighted by atomic mass is 10.1. The van der Waals surface area contributed by atoms with E-state index in [0.717, 1.165) is 5.56 Å². The molecule has 1 aromatic heterocycles. The Bertz CT molecular complexity index is 721. The number of ether oxygens (including phenoxy) is 2. The van der Waals surface area contributed by atoms with Crippen LogP contribution in [0.1, 0.15) is 12.0 Å². The second-order valence-corrected chi connectivity index (χ2v) is 5.22. The third kappa shape index (κ3) is 5.24. The number of carbonyl (C=O) groups is 2. The van der Waals surface area contributed by atoms with Crippen molar-refractivity contribution in [3.05, 3.63) is 53.3 Å². The summed E-state index contributed by atoms with van der Waals surface area (Å²) in [6.07, 6.45) is 2.13. The van der Waals surface area contributed by atoms with Crippen molar-refractivity contribution in [3.63, 3.8) is 0 Å². The number of pyridine rings is 1. The lowest BCUT2D eigenvalue weighted by molar-refractivity contribution is -0.147. The van der Waals surface area contributed by atoms with Gasteiger partial charge in [-0.3, -0.25) is 9.59 Å². The zero-order valence-corrected chi connectivity index (χ0v) is 13.9. The maximum absolute atomic E-state index is 11.8. The molecule has 0 fully saturated rings. The van der Waals surface area contributed by atoms with Crippen molar-refractivity contribution in [2.45, 2.75) is 12.8 Å². The second kappa shape index (κ2) is 8.88. The fraction of sp³-hybridized carbons (Fsp3) is 0.235. The SMILES string of the molecule is COc1ccccc1CCC(=O)OCC(=O)Nc1cccnc1Cl. The predicted molar refractivity (Wildman–Crippen MR) is 90.2 cm³/mol. The molecule has 0 aliphatic carbocycles. The molecular formula is C17H17ClN2O4. The molecule has 1 heterocycles. The van der Waals surface area contributed by atoms with Gasteiger partial charge in [0.25, 0.3) is 5.91 Å². The third-order valence-electron chi connectivity index (χ3n) is 3.19. The van der Waals surface area contributed by atoms with E-state index in [9.17, 15) is 9.59 Å². The number of halogens is 1. The van der Waals surface area contributed by atoms with Crippen LogP contribution < -0.4 is 10.1 Å². The lowest BCUT2D eigenvalue weighted by Gasteiger charge is -2.09. The Labute approximate surface area is 144 Å². The molecule has 24 heavy (non-hydrogen) atoms. The molecular weight excluding hydrogens is 332 g/mol. The second-order valence-electron chi connectivity index (χ2n) is 4.86. The van der Waals surface area contributed by atoms with Gasteiger partial charge in [-0.1, -0.05) is 29.8 Å². The molecule has 0 saturated carbocycles. The summed E-state index contributed by atoms with van der Waals surface area (Å²) >= 11 is 5.83. The molecule has 0 atom stereocenters. The topological polar surface area (TPSA) is 77.5 Å². The van der Waals surface area contributed by atoms with Crippen molar-refractivity contribution in [2.24, 2.45) is 0 Å². The number of hydrogen-bond donors (Lipinski definition) is 1. The molecule has 0 spiro atoms. The Balaban J connectivity index is 1.77. The minimum atomic E-state index is -0.476. The third-order valence-corrected chi connectivity index (χ3v) is 3.49. The Morgan fingerprint density at radius 2 is 2.00 bits per heavy atom. The number of hydrogen-bond acceptors (Lipinski definition) is 5. The zero-order valence-electron chi connectivity index (χ0n) is 13.1. The van der Waals surface area contributed by atoms with E-state index in [1.165, 1.54) is 6.20 Å². The molecule has 0 aliphatic heterocycles. The predicted octanol–water partition coefficient (Wildman–Crippen LogP) is 2.86. The van der Waals surface area contributed by atoms with Crippen LogP contribution in [0.15, 0.2) is 42.6 Å². The number of nitrogens with zero attached hydrogens (tertiary/aromatic N) is 1. The Hall–Kier alpha value is -2.60. The summed E-state index contributed by atoms with van der Waals surface area (Å²) in [6, 6.07) is 10.7. The van der Waals surface area contributed by atoms with E-state index in [0.29, 0.717) is 17.9 Å². The molecule has 2 aromatic rings. The number of anilines is 1. The quantitative estimate of drug-likeness (QED) is 0.615. The van der Waals surface area contributed by atoms with Crippen LogP contribution >= 0.6 is 11.6 Å². The molecule has 1 aromatic carbocycles. The van der Waals surface area contributed by atoms with Crippen molar-refractivity contribution in [1.82, 2.24) is 4.98 Å². The van der Waals surface area contributed by atoms with Gasteiger partial charge in [-0.25, -0.2) is 4.98 Å². The largest absolute Gasteiger partial charge is 0.496 e. The van der Waals surface area contributed by atoms with Crippen LogP contribution in [0.4, 0.5) is 5.69 Å². The normalized spacial score (nSPS) is 10.1. The van der Waals surface area contributed by atoms with Gasteiger partial charge in [0.1, 0.15) is 5.75 Å². The summed E-state index contributed by atoms with van der Waals surface area (Å²) in [5.41, 5.74) is 1.28. The number of aromatic nitrogens is 1. The van der Waals surface area contributed by atoms with Gasteiger partial charge in [-0.15, -0.1) is 0 Å². The van der Waals surface area contributed by atoms with Crippen LogP contribution in [0.5, 0.6) is 5.75 Å². The van der Waals surface area contributed by atoms with E-state index >= 15 is 0 Å². The van der Waals surface area contributed by atoms with Crippen LogP contribution in [0.3, 0.4) is 0 Å². The monoisotopic (exact) mass is 348 g/mol. The van der Waals surface area contributed by atoms with Crippen LogP contribution in [0.2, 0.25) is 5.15 Å². The smallest absolute Gasteiger partial charge is 0.306 e. The molecule has 7 heteroatoms. The molecule has 0 radical (unpaired) electrons. The summed E-state index contributed by atoms with van der Waals surface area (Å²) in [4.78, 5) is 27.3. The fourth-order valence-electron chi connectivity index (χ4n) is 2.03. The molecule has 0 aliphatic rings. The van der Waals surface area contributed by atoms with Gasteiger partial charge in [0.15, 0.2) is 11.8 Å². The van der Waals surface area contributed by atoms with Gasteiger partial charge in [0.2, 0.25) is 0 Å². The number of rotatable bonds is 7. The van der Waals surface area contributed by atoms with Gasteiger partial charge < -0.3 is 14.8 Å². The van der Waals surface area contributed by atoms with Crippen molar-refractivity contribution in [2.75, 3.05) is 19.0 Å². The number of esters is 1. The zero-order chi connectivity index (χ0) is 17.4. The summed E-state index contributed by atoms with van der Waals surface area (Å²) in [7, 11) is 1.57. The first kappa shape index (κ1) is 17.7. The van der Waals surface area contributed by atoms with Crippen molar-refractivity contribution < 1.29 is 19.1 Å². The summed E-state index contributed by atoms with van der Waals surface area (Å²) in [6.45, 7) is -0.379. The first-order valence-electron chi connectivity index (χ1n) is 7.28. The Morgan fingerprint density at radius 3 is 2.75 bits per heavy atom. The number of amides is 1. The minimum Gasteiger partial charge on any atom is -0.496 e. The summed E-state index contributed by atoms with van der Waals surface area (Å²) < 4.78 is 10.2. The summed E-state index contributed by atoms with van der Waals surface area (Å²) in [5.74, 6) is -0.224. The van der Waals surface area contributed by atoms with Crippen molar-refractivity contribution >= 4 is 29.2 Å². The maximum Gasteiger partial charge on any atom is 0.306 e. The van der Waals surface area contributed by atoms with Crippen LogP contribution in [-0.2, 0) is 20.7 Å². The Morgan fingerprint density at radius 1 is 1.21 bits per heavy atom. The van der Waals surface area contributed by atoms with E-state index in [-0.39, 0.29) is 18.2 Å². The van der Waals surface area contributed by atoms with E-state index in [1.807, 2.05) is 24.3 Å². The van der Waals surface area contributed by atoms with Crippen LogP contribution in [0, 0.1) is 0 Å². The van der Waals surface area contributed by atoms with Crippen LogP contribution in [0.25, 0.3) is 0 Å². The fourth-order valence-corrected chi connectivity index (χ4v) is 2.20. The molecule has 6 nitrogen and oxygen atoms in total. The number of aryl methyl sites for hydroxylation is 1. The highest BCUT2D eigenvalue weighted by Crippen LogP contribution is 2.19. The highest BCUT2D eigenvalue weighted by atomic mass is 35.5. The van der Waals surface area contributed by atoms with E-state index in [4.69, 9.17) is 21.1 Å². The molecule has 1 N–H and O–H groups in total. The maximum atomic E-state index is 11.8. The first-order chi connectivity index (χ1) is 11.6. The van der Waals surface area contributed by atoms with Crippen LogP contribution in [-0.4, -0.2) is 30.6 Å². The van der Waals surface area contributed by atoms with E-state index < -0.39 is 11.9 Å². The molecule has 2 rings (SSSR count). The number of methoxy groups -OCH3 is 1. The molecule has 126 valence electrons. The molecule has 1 amide bonds. The van der Waals surface area contributed by atoms with E-state index in [1.54, 1.807) is 19.2 Å². The molecule has 0 unspecified atom stereocenters. The van der Waals surface area contributed by atoms with Crippen molar-refractivity contribution in [1.29, 1.82) is 0 Å². The average molecular weight is 349 g/mol. The highest BCUT2D eigenvalue weighted by Gasteiger charge is 2.11. The Kier molecular flexibility index (Phi) is 6.57. The number of benzene rings is 1. The number of para-hydroxylation sites is 1. The van der Waals surface area contributed by atoms with Gasteiger partial charge in [0, 0.05) is 12.6 Å². The van der Waals surface area contributed by atoms with Gasteiger partial charge >= 0.3 is 5.97 Å². The minimum absolute atomic E-state index is 0.154. The van der Waals surface area contributed by atoms with Gasteiger partial charge in [0.05, 0.1) is 12.8 Å². The molecule has 0 bridgehead atoms. The van der Waals surface area contributed by atoms with Crippen molar-refractivity contribution in [3.8, 4) is 5.75 Å². The summed E-state index contributed by atoms with van der Waals surface area (Å²) in [5, 5.41) is 2.70. The van der Waals surface area contributed by atoms with Gasteiger partial charge in [-0.05, 0) is 30.2 Å². The highest BCUT2D eigenvalue weighted by molar-refractivity contribution is 6.32. The average Bonchev–Trinajstić information content (AvgIpc) is 2.60. The van der Waals surface area contributed by atoms with E-state index in [2.05, 4.69) is 10.3 Å². The standard InChI is InChI=1S/C17H17ClN2O4/c1-23-14-7-3-2-5-12(14)8-9-16(22)24-11-15(21)20-13-6-4-10-19-17(13)18/h2-7,10H,8-9,11H2,1H3,(H,20,21). The molecule has 0 saturated heterocycles. The number of carbonyl (C=O) groups excluding carboxylic acids is 2.